The molecule has 4 nitrogen and oxygen atoms in total. The second-order valence-corrected chi connectivity index (χ2v) is 7.80. The third-order valence-electron chi connectivity index (χ3n) is 5.39. The Labute approximate surface area is 166 Å². The highest BCUT2D eigenvalue weighted by molar-refractivity contribution is 6.30. The lowest BCUT2D eigenvalue weighted by Crippen LogP contribution is -2.34. The standard InChI is InChI=1S/C22H28ClN3O/c1-16-5-3-8-21(25-22(27)24-2)20(16)15-26-11-9-17(10-12-26)13-18-6-4-7-19(23)14-18/h3-8,14,17H,9-13,15H2,1-2H3,(H2,24,25,27). The van der Waals surface area contributed by atoms with Gasteiger partial charge in [-0.3, -0.25) is 4.90 Å². The van der Waals surface area contributed by atoms with Gasteiger partial charge in [-0.05, 0) is 80.1 Å². The van der Waals surface area contributed by atoms with E-state index >= 15 is 0 Å². The largest absolute Gasteiger partial charge is 0.341 e. The summed E-state index contributed by atoms with van der Waals surface area (Å²) in [6.45, 7) is 5.14. The van der Waals surface area contributed by atoms with Crippen molar-refractivity contribution in [3.05, 3.63) is 64.2 Å². The summed E-state index contributed by atoms with van der Waals surface area (Å²) in [6.07, 6.45) is 3.48. The van der Waals surface area contributed by atoms with Crippen LogP contribution in [0.4, 0.5) is 10.5 Å². The molecule has 2 N–H and O–H groups in total. The molecule has 0 bridgehead atoms. The number of rotatable bonds is 5. The molecule has 2 aromatic carbocycles. The molecule has 27 heavy (non-hydrogen) atoms. The molecule has 1 heterocycles. The number of anilines is 1. The first kappa shape index (κ1) is 19.7. The molecule has 1 fully saturated rings. The molecule has 1 aliphatic heterocycles. The van der Waals surface area contributed by atoms with E-state index in [1.807, 2.05) is 24.3 Å². The fourth-order valence-electron chi connectivity index (χ4n) is 3.78. The predicted octanol–water partition coefficient (Wildman–Crippen LogP) is 4.85. The molecular weight excluding hydrogens is 358 g/mol. The molecule has 0 aromatic heterocycles. The zero-order valence-corrected chi connectivity index (χ0v) is 16.9. The number of hydrogen-bond acceptors (Lipinski definition) is 2. The van der Waals surface area contributed by atoms with Gasteiger partial charge in [-0.1, -0.05) is 35.9 Å². The molecule has 144 valence electrons. The molecule has 3 rings (SSSR count). The lowest BCUT2D eigenvalue weighted by molar-refractivity contribution is 0.177. The number of amides is 2. The van der Waals surface area contributed by atoms with Crippen molar-refractivity contribution >= 4 is 23.3 Å². The van der Waals surface area contributed by atoms with Crippen LogP contribution >= 0.6 is 11.6 Å². The summed E-state index contributed by atoms with van der Waals surface area (Å²) in [5, 5.41) is 6.39. The van der Waals surface area contributed by atoms with Gasteiger partial charge in [0.05, 0.1) is 0 Å². The van der Waals surface area contributed by atoms with Gasteiger partial charge in [0.25, 0.3) is 0 Å². The van der Waals surface area contributed by atoms with Crippen LogP contribution in [0.15, 0.2) is 42.5 Å². The summed E-state index contributed by atoms with van der Waals surface area (Å²) >= 11 is 6.11. The number of hydrogen-bond donors (Lipinski definition) is 2. The third-order valence-corrected chi connectivity index (χ3v) is 5.62. The van der Waals surface area contributed by atoms with E-state index in [1.165, 1.54) is 29.5 Å². The minimum absolute atomic E-state index is 0.179. The van der Waals surface area contributed by atoms with Gasteiger partial charge in [-0.2, -0.15) is 0 Å². The van der Waals surface area contributed by atoms with Gasteiger partial charge in [0.1, 0.15) is 0 Å². The number of nitrogens with one attached hydrogen (secondary N) is 2. The Bertz CT molecular complexity index is 785. The SMILES string of the molecule is CNC(=O)Nc1cccc(C)c1CN1CCC(Cc2cccc(Cl)c2)CC1. The minimum atomic E-state index is -0.179. The summed E-state index contributed by atoms with van der Waals surface area (Å²) in [6, 6.07) is 14.1. The summed E-state index contributed by atoms with van der Waals surface area (Å²) in [5.41, 5.74) is 4.65. The Balaban J connectivity index is 1.58. The molecule has 2 amide bonds. The Morgan fingerprint density at radius 3 is 2.63 bits per heavy atom. The van der Waals surface area contributed by atoms with Gasteiger partial charge in [0.2, 0.25) is 0 Å². The predicted molar refractivity (Wildman–Crippen MR) is 112 cm³/mol. The number of piperidine rings is 1. The van der Waals surface area contributed by atoms with Crippen LogP contribution in [0.1, 0.15) is 29.5 Å². The topological polar surface area (TPSA) is 44.4 Å². The van der Waals surface area contributed by atoms with Crippen molar-refractivity contribution in [2.24, 2.45) is 5.92 Å². The molecule has 5 heteroatoms. The van der Waals surface area contributed by atoms with E-state index in [4.69, 9.17) is 11.6 Å². The molecule has 2 aromatic rings. The highest BCUT2D eigenvalue weighted by Gasteiger charge is 2.21. The highest BCUT2D eigenvalue weighted by atomic mass is 35.5. The number of carbonyl (C=O) groups excluding carboxylic acids is 1. The van der Waals surface area contributed by atoms with Crippen LogP contribution in [-0.4, -0.2) is 31.1 Å². The minimum Gasteiger partial charge on any atom is -0.341 e. The second-order valence-electron chi connectivity index (χ2n) is 7.36. The molecule has 0 saturated carbocycles. The summed E-state index contributed by atoms with van der Waals surface area (Å²) < 4.78 is 0. The number of halogens is 1. The van der Waals surface area contributed by atoms with Gasteiger partial charge in [0.15, 0.2) is 0 Å². The monoisotopic (exact) mass is 385 g/mol. The van der Waals surface area contributed by atoms with Gasteiger partial charge in [0, 0.05) is 24.3 Å². The zero-order valence-electron chi connectivity index (χ0n) is 16.1. The van der Waals surface area contributed by atoms with Crippen LogP contribution < -0.4 is 10.6 Å². The first-order valence-electron chi connectivity index (χ1n) is 9.59. The maximum atomic E-state index is 11.7. The van der Waals surface area contributed by atoms with Crippen molar-refractivity contribution in [2.45, 2.75) is 32.7 Å². The summed E-state index contributed by atoms with van der Waals surface area (Å²) in [7, 11) is 1.63. The Morgan fingerprint density at radius 1 is 1.19 bits per heavy atom. The second kappa shape index (κ2) is 9.25. The molecule has 0 unspecified atom stereocenters. The number of nitrogens with zero attached hydrogens (tertiary/aromatic N) is 1. The van der Waals surface area contributed by atoms with E-state index in [-0.39, 0.29) is 6.03 Å². The fraction of sp³-hybridized carbons (Fsp3) is 0.409. The van der Waals surface area contributed by atoms with Crippen molar-refractivity contribution in [1.82, 2.24) is 10.2 Å². The van der Waals surface area contributed by atoms with Crippen LogP contribution in [0.25, 0.3) is 0 Å². The van der Waals surface area contributed by atoms with E-state index < -0.39 is 0 Å². The molecule has 0 aliphatic carbocycles. The van der Waals surface area contributed by atoms with Crippen molar-refractivity contribution in [3.63, 3.8) is 0 Å². The summed E-state index contributed by atoms with van der Waals surface area (Å²) in [5.74, 6) is 0.708. The Hall–Kier alpha value is -2.04. The lowest BCUT2D eigenvalue weighted by atomic mass is 9.90. The first-order chi connectivity index (χ1) is 13.0. The number of likely N-dealkylation sites (tertiary alicyclic amines) is 1. The summed E-state index contributed by atoms with van der Waals surface area (Å²) in [4.78, 5) is 14.2. The van der Waals surface area contributed by atoms with Crippen LogP contribution in [0.2, 0.25) is 5.02 Å². The lowest BCUT2D eigenvalue weighted by Gasteiger charge is -2.33. The molecule has 1 saturated heterocycles. The van der Waals surface area contributed by atoms with E-state index in [1.54, 1.807) is 7.05 Å². The number of urea groups is 1. The van der Waals surface area contributed by atoms with Crippen LogP contribution in [0.5, 0.6) is 0 Å². The van der Waals surface area contributed by atoms with Gasteiger partial charge < -0.3 is 10.6 Å². The smallest absolute Gasteiger partial charge is 0.318 e. The molecule has 0 radical (unpaired) electrons. The van der Waals surface area contributed by atoms with Crippen molar-refractivity contribution in [2.75, 3.05) is 25.5 Å². The van der Waals surface area contributed by atoms with E-state index in [0.717, 1.165) is 36.8 Å². The van der Waals surface area contributed by atoms with Gasteiger partial charge in [-0.25, -0.2) is 4.79 Å². The van der Waals surface area contributed by atoms with Crippen molar-refractivity contribution in [3.8, 4) is 0 Å². The zero-order chi connectivity index (χ0) is 19.2. The Kier molecular flexibility index (Phi) is 6.75. The molecule has 0 atom stereocenters. The van der Waals surface area contributed by atoms with Crippen LogP contribution in [-0.2, 0) is 13.0 Å². The quantitative estimate of drug-likeness (QED) is 0.772. The first-order valence-corrected chi connectivity index (χ1v) is 9.97. The molecule has 0 spiro atoms. The van der Waals surface area contributed by atoms with E-state index in [0.29, 0.717) is 5.92 Å². The fourth-order valence-corrected chi connectivity index (χ4v) is 4.00. The number of benzene rings is 2. The number of carbonyl (C=O) groups is 1. The van der Waals surface area contributed by atoms with Crippen LogP contribution in [0, 0.1) is 12.8 Å². The van der Waals surface area contributed by atoms with Crippen LogP contribution in [0.3, 0.4) is 0 Å². The molecule has 1 aliphatic rings. The van der Waals surface area contributed by atoms with E-state index in [9.17, 15) is 4.79 Å². The maximum absolute atomic E-state index is 11.7. The van der Waals surface area contributed by atoms with Gasteiger partial charge in [-0.15, -0.1) is 0 Å². The van der Waals surface area contributed by atoms with Crippen molar-refractivity contribution in [1.29, 1.82) is 0 Å². The van der Waals surface area contributed by atoms with Gasteiger partial charge >= 0.3 is 6.03 Å². The molecular formula is C22H28ClN3O. The van der Waals surface area contributed by atoms with E-state index in [2.05, 4.69) is 40.7 Å². The highest BCUT2D eigenvalue weighted by Crippen LogP contribution is 2.27. The number of aryl methyl sites for hydroxylation is 1. The average Bonchev–Trinajstić information content (AvgIpc) is 2.66. The normalized spacial score (nSPS) is 15.5. The maximum Gasteiger partial charge on any atom is 0.318 e. The average molecular weight is 386 g/mol. The third kappa shape index (κ3) is 5.47. The van der Waals surface area contributed by atoms with Crippen molar-refractivity contribution < 1.29 is 4.79 Å². The Morgan fingerprint density at radius 2 is 1.93 bits per heavy atom.